The number of hydrogen-bond acceptors (Lipinski definition) is 5. The average molecular weight is 381 g/mol. The molecule has 2 fully saturated rings. The van der Waals surface area contributed by atoms with Gasteiger partial charge >= 0.3 is 6.09 Å². The van der Waals surface area contributed by atoms with Gasteiger partial charge in [0.2, 0.25) is 0 Å². The van der Waals surface area contributed by atoms with Gasteiger partial charge in [-0.1, -0.05) is 18.2 Å². The zero-order valence-electron chi connectivity index (χ0n) is 15.7. The van der Waals surface area contributed by atoms with E-state index in [9.17, 15) is 14.7 Å². The van der Waals surface area contributed by atoms with Crippen molar-refractivity contribution < 1.29 is 19.4 Å². The normalized spacial score (nSPS) is 19.2. The fourth-order valence-electron chi connectivity index (χ4n) is 3.71. The Morgan fingerprint density at radius 1 is 1.21 bits per heavy atom. The summed E-state index contributed by atoms with van der Waals surface area (Å²) in [5.41, 5.74) is 2.42. The van der Waals surface area contributed by atoms with Gasteiger partial charge in [-0.05, 0) is 31.2 Å². The number of nitrogens with one attached hydrogen (secondary N) is 1. The second kappa shape index (κ2) is 7.24. The Morgan fingerprint density at radius 3 is 2.54 bits per heavy atom. The van der Waals surface area contributed by atoms with Crippen molar-refractivity contribution in [1.29, 1.82) is 0 Å². The number of rotatable bonds is 3. The Balaban J connectivity index is 1.43. The molecule has 0 aliphatic carbocycles. The molecule has 1 aromatic heterocycles. The van der Waals surface area contributed by atoms with E-state index < -0.39 is 11.7 Å². The van der Waals surface area contributed by atoms with Crippen LogP contribution in [-0.4, -0.2) is 52.2 Å². The SMILES string of the molecule is C[C@@H](O)c1cccc(-c2ccc(C(=O)N3CCC4(CC3)CNC(=O)O4)cc2)n1. The molecule has 0 saturated carbocycles. The van der Waals surface area contributed by atoms with Crippen LogP contribution in [-0.2, 0) is 4.74 Å². The van der Waals surface area contributed by atoms with Crippen molar-refractivity contribution in [1.82, 2.24) is 15.2 Å². The summed E-state index contributed by atoms with van der Waals surface area (Å²) in [6, 6.07) is 12.9. The Morgan fingerprint density at radius 2 is 1.93 bits per heavy atom. The van der Waals surface area contributed by atoms with Gasteiger partial charge in [-0.15, -0.1) is 0 Å². The van der Waals surface area contributed by atoms with Crippen LogP contribution in [0.2, 0.25) is 0 Å². The molecule has 1 aromatic carbocycles. The van der Waals surface area contributed by atoms with Gasteiger partial charge in [0.1, 0.15) is 5.60 Å². The summed E-state index contributed by atoms with van der Waals surface area (Å²) < 4.78 is 5.40. The van der Waals surface area contributed by atoms with Gasteiger partial charge in [0.05, 0.1) is 24.0 Å². The fraction of sp³-hybridized carbons (Fsp3) is 0.381. The van der Waals surface area contributed by atoms with Gasteiger partial charge in [-0.3, -0.25) is 9.78 Å². The largest absolute Gasteiger partial charge is 0.441 e. The van der Waals surface area contributed by atoms with Crippen LogP contribution in [0, 0.1) is 0 Å². The van der Waals surface area contributed by atoms with E-state index in [1.807, 2.05) is 24.3 Å². The number of piperidine rings is 1. The zero-order valence-corrected chi connectivity index (χ0v) is 15.7. The molecule has 7 nitrogen and oxygen atoms in total. The van der Waals surface area contributed by atoms with Gasteiger partial charge in [0.15, 0.2) is 0 Å². The average Bonchev–Trinajstić information content (AvgIpc) is 3.08. The number of alkyl carbamates (subject to hydrolysis) is 1. The first-order valence-corrected chi connectivity index (χ1v) is 9.47. The Labute approximate surface area is 163 Å². The monoisotopic (exact) mass is 381 g/mol. The van der Waals surface area contributed by atoms with E-state index in [1.165, 1.54) is 0 Å². The fourth-order valence-corrected chi connectivity index (χ4v) is 3.71. The highest BCUT2D eigenvalue weighted by atomic mass is 16.6. The van der Waals surface area contributed by atoms with Crippen LogP contribution in [0.1, 0.15) is 41.9 Å². The molecule has 28 heavy (non-hydrogen) atoms. The minimum Gasteiger partial charge on any atom is -0.441 e. The lowest BCUT2D eigenvalue weighted by molar-refractivity contribution is 0.00331. The third-order valence-corrected chi connectivity index (χ3v) is 5.45. The number of ether oxygens (including phenoxy) is 1. The number of carbonyl (C=O) groups excluding carboxylic acids is 2. The van der Waals surface area contributed by atoms with Gasteiger partial charge in [-0.25, -0.2) is 4.79 Å². The third kappa shape index (κ3) is 3.57. The number of aliphatic hydroxyl groups is 1. The van der Waals surface area contributed by atoms with Crippen LogP contribution in [0.15, 0.2) is 42.5 Å². The highest BCUT2D eigenvalue weighted by Gasteiger charge is 2.43. The first kappa shape index (κ1) is 18.4. The number of carbonyl (C=O) groups is 2. The number of hydrogen-bond donors (Lipinski definition) is 2. The molecule has 3 heterocycles. The molecule has 7 heteroatoms. The molecule has 2 N–H and O–H groups in total. The zero-order chi connectivity index (χ0) is 19.7. The summed E-state index contributed by atoms with van der Waals surface area (Å²) in [7, 11) is 0. The Hall–Kier alpha value is -2.93. The first-order chi connectivity index (χ1) is 13.5. The molecule has 2 saturated heterocycles. The number of aromatic nitrogens is 1. The lowest BCUT2D eigenvalue weighted by Crippen LogP contribution is -2.48. The molecule has 4 rings (SSSR count). The van der Waals surface area contributed by atoms with E-state index in [4.69, 9.17) is 4.74 Å². The van der Waals surface area contributed by atoms with Crippen molar-refractivity contribution in [2.24, 2.45) is 0 Å². The van der Waals surface area contributed by atoms with Crippen LogP contribution >= 0.6 is 0 Å². The molecule has 1 atom stereocenters. The van der Waals surface area contributed by atoms with E-state index in [-0.39, 0.29) is 12.0 Å². The summed E-state index contributed by atoms with van der Waals surface area (Å²) in [5.74, 6) is -0.0237. The van der Waals surface area contributed by atoms with E-state index in [2.05, 4.69) is 10.3 Å². The molecule has 2 aliphatic heterocycles. The molecule has 0 radical (unpaired) electrons. The molecular weight excluding hydrogens is 358 g/mol. The topological polar surface area (TPSA) is 91.8 Å². The second-order valence-corrected chi connectivity index (χ2v) is 7.42. The predicted octanol–water partition coefficient (Wildman–Crippen LogP) is 2.52. The van der Waals surface area contributed by atoms with Crippen molar-refractivity contribution in [2.75, 3.05) is 19.6 Å². The van der Waals surface area contributed by atoms with Crippen LogP contribution in [0.4, 0.5) is 4.79 Å². The minimum atomic E-state index is -0.627. The van der Waals surface area contributed by atoms with Crippen molar-refractivity contribution in [3.8, 4) is 11.3 Å². The number of aliphatic hydroxyl groups excluding tert-OH is 1. The minimum absolute atomic E-state index is 0.0237. The Bertz CT molecular complexity index is 887. The lowest BCUT2D eigenvalue weighted by atomic mass is 9.91. The van der Waals surface area contributed by atoms with Crippen LogP contribution in [0.25, 0.3) is 11.3 Å². The van der Waals surface area contributed by atoms with Crippen LogP contribution in [0.3, 0.4) is 0 Å². The predicted molar refractivity (Wildman–Crippen MR) is 103 cm³/mol. The van der Waals surface area contributed by atoms with Crippen molar-refractivity contribution in [3.05, 3.63) is 53.7 Å². The quantitative estimate of drug-likeness (QED) is 0.852. The second-order valence-electron chi connectivity index (χ2n) is 7.42. The Kier molecular flexibility index (Phi) is 4.77. The van der Waals surface area contributed by atoms with Crippen molar-refractivity contribution in [2.45, 2.75) is 31.5 Å². The summed E-state index contributed by atoms with van der Waals surface area (Å²) in [4.78, 5) is 30.4. The van der Waals surface area contributed by atoms with E-state index in [1.54, 1.807) is 30.0 Å². The van der Waals surface area contributed by atoms with Gasteiger partial charge < -0.3 is 20.1 Å². The van der Waals surface area contributed by atoms with Crippen molar-refractivity contribution >= 4 is 12.0 Å². The first-order valence-electron chi connectivity index (χ1n) is 9.47. The molecule has 0 unspecified atom stereocenters. The van der Waals surface area contributed by atoms with Gasteiger partial charge in [0, 0.05) is 37.1 Å². The molecule has 0 bridgehead atoms. The molecule has 1 spiro atoms. The molecule has 2 amide bonds. The summed E-state index contributed by atoms with van der Waals surface area (Å²) in [5, 5.41) is 12.4. The van der Waals surface area contributed by atoms with E-state index >= 15 is 0 Å². The molecular formula is C21H23N3O4. The molecule has 2 aliphatic rings. The van der Waals surface area contributed by atoms with Gasteiger partial charge in [-0.2, -0.15) is 0 Å². The summed E-state index contributed by atoms with van der Waals surface area (Å²) >= 11 is 0. The maximum Gasteiger partial charge on any atom is 0.407 e. The smallest absolute Gasteiger partial charge is 0.407 e. The molecule has 2 aromatic rings. The standard InChI is InChI=1S/C21H23N3O4/c1-14(25)17-3-2-4-18(23-17)15-5-7-16(8-6-15)19(26)24-11-9-21(10-12-24)13-22-20(27)28-21/h2-8,14,25H,9-13H2,1H3,(H,22,27)/t14-/m1/s1. The number of benzene rings is 1. The number of amides is 2. The van der Waals surface area contributed by atoms with Crippen molar-refractivity contribution in [3.63, 3.8) is 0 Å². The van der Waals surface area contributed by atoms with Crippen LogP contribution in [0.5, 0.6) is 0 Å². The number of pyridine rings is 1. The summed E-state index contributed by atoms with van der Waals surface area (Å²) in [6.45, 7) is 3.32. The highest BCUT2D eigenvalue weighted by molar-refractivity contribution is 5.94. The van der Waals surface area contributed by atoms with E-state index in [0.717, 1.165) is 11.3 Å². The summed E-state index contributed by atoms with van der Waals surface area (Å²) in [6.07, 6.45) is 0.290. The number of likely N-dealkylation sites (tertiary alicyclic amines) is 1. The van der Waals surface area contributed by atoms with Gasteiger partial charge in [0.25, 0.3) is 5.91 Å². The lowest BCUT2D eigenvalue weighted by Gasteiger charge is -2.37. The number of nitrogens with zero attached hydrogens (tertiary/aromatic N) is 2. The van der Waals surface area contributed by atoms with E-state index in [0.29, 0.717) is 43.7 Å². The molecule has 146 valence electrons. The third-order valence-electron chi connectivity index (χ3n) is 5.45. The highest BCUT2D eigenvalue weighted by Crippen LogP contribution is 2.30. The van der Waals surface area contributed by atoms with Crippen LogP contribution < -0.4 is 5.32 Å². The maximum atomic E-state index is 12.8. The maximum absolute atomic E-state index is 12.8.